The van der Waals surface area contributed by atoms with Gasteiger partial charge in [-0.3, -0.25) is 4.79 Å². The number of aromatic hydroxyl groups is 1. The van der Waals surface area contributed by atoms with E-state index in [0.717, 1.165) is 81.7 Å². The standard InChI is InChI=1S/C39H58N2O5/c1-9-40(10-2)21-13-15-23-44-31-25-30(19-17-28(5)6)36-34(26-31)46-35-27-33(45-24-16-14-22-41(11-3)12-4)32(20-18-29(7)8)38(42)37(35)39(36)43/h17-18,25-27,42H,9-16,19-24H2,1-8H3. The van der Waals surface area contributed by atoms with Crippen molar-refractivity contribution >= 4 is 21.9 Å². The van der Waals surface area contributed by atoms with Gasteiger partial charge in [-0.05, 0) is 117 Å². The molecule has 0 radical (unpaired) electrons. The number of allylic oxidation sites excluding steroid dienone is 4. The predicted molar refractivity (Wildman–Crippen MR) is 193 cm³/mol. The molecule has 0 spiro atoms. The highest BCUT2D eigenvalue weighted by atomic mass is 16.5. The zero-order chi connectivity index (χ0) is 33.6. The van der Waals surface area contributed by atoms with Gasteiger partial charge in [-0.1, -0.05) is 51.0 Å². The number of phenolic OH excluding ortho intramolecular Hbond substituents is 1. The van der Waals surface area contributed by atoms with Crippen molar-refractivity contribution in [1.29, 1.82) is 0 Å². The lowest BCUT2D eigenvalue weighted by Crippen LogP contribution is -2.24. The van der Waals surface area contributed by atoms with Crippen molar-refractivity contribution in [2.45, 2.75) is 93.9 Å². The molecular formula is C39H58N2O5. The molecule has 0 unspecified atom stereocenters. The highest BCUT2D eigenvalue weighted by molar-refractivity contribution is 5.96. The molecule has 3 rings (SSSR count). The molecule has 0 atom stereocenters. The summed E-state index contributed by atoms with van der Waals surface area (Å²) in [5.41, 5.74) is 4.26. The summed E-state index contributed by atoms with van der Waals surface area (Å²) in [5, 5.41) is 12.3. The first-order valence-corrected chi connectivity index (χ1v) is 17.4. The second-order valence-corrected chi connectivity index (χ2v) is 12.6. The first-order chi connectivity index (χ1) is 22.1. The molecule has 0 fully saturated rings. The average Bonchev–Trinajstić information content (AvgIpc) is 3.02. The Hall–Kier alpha value is -3.29. The molecule has 0 bridgehead atoms. The molecule has 1 N–H and O–H groups in total. The molecule has 0 aliphatic rings. The first-order valence-electron chi connectivity index (χ1n) is 17.4. The van der Waals surface area contributed by atoms with Gasteiger partial charge >= 0.3 is 0 Å². The van der Waals surface area contributed by atoms with Crippen molar-refractivity contribution in [2.24, 2.45) is 0 Å². The van der Waals surface area contributed by atoms with E-state index >= 15 is 0 Å². The van der Waals surface area contributed by atoms with Crippen molar-refractivity contribution in [3.8, 4) is 17.2 Å². The molecule has 1 heterocycles. The third-order valence-electron chi connectivity index (χ3n) is 8.66. The Kier molecular flexibility index (Phi) is 15.2. The summed E-state index contributed by atoms with van der Waals surface area (Å²) < 4.78 is 18.9. The highest BCUT2D eigenvalue weighted by Gasteiger charge is 2.21. The number of phenols is 1. The van der Waals surface area contributed by atoms with Gasteiger partial charge in [0.25, 0.3) is 0 Å². The predicted octanol–water partition coefficient (Wildman–Crippen LogP) is 8.67. The van der Waals surface area contributed by atoms with Crippen molar-refractivity contribution in [1.82, 2.24) is 9.80 Å². The summed E-state index contributed by atoms with van der Waals surface area (Å²) in [7, 11) is 0. The van der Waals surface area contributed by atoms with Crippen molar-refractivity contribution in [3.05, 3.63) is 62.8 Å². The van der Waals surface area contributed by atoms with E-state index in [4.69, 9.17) is 13.9 Å². The van der Waals surface area contributed by atoms with E-state index in [0.29, 0.717) is 59.7 Å². The number of unbranched alkanes of at least 4 members (excludes halogenated alkanes) is 2. The van der Waals surface area contributed by atoms with Gasteiger partial charge in [0, 0.05) is 17.7 Å². The minimum atomic E-state index is -0.235. The van der Waals surface area contributed by atoms with Gasteiger partial charge in [0.15, 0.2) is 0 Å². The summed E-state index contributed by atoms with van der Waals surface area (Å²) in [6.45, 7) is 24.2. The van der Waals surface area contributed by atoms with E-state index in [9.17, 15) is 9.90 Å². The van der Waals surface area contributed by atoms with Gasteiger partial charge in [0.05, 0.1) is 18.6 Å². The number of rotatable bonds is 20. The van der Waals surface area contributed by atoms with Crippen LogP contribution in [0, 0.1) is 0 Å². The van der Waals surface area contributed by atoms with Crippen LogP contribution in [0.5, 0.6) is 17.2 Å². The maximum Gasteiger partial charge on any atom is 0.204 e. The summed E-state index contributed by atoms with van der Waals surface area (Å²) in [4.78, 5) is 19.0. The number of hydrogen-bond donors (Lipinski definition) is 1. The number of fused-ring (bicyclic) bond motifs is 2. The second-order valence-electron chi connectivity index (χ2n) is 12.6. The molecular weight excluding hydrogens is 576 g/mol. The normalized spacial score (nSPS) is 11.5. The van der Waals surface area contributed by atoms with Crippen LogP contribution in [0.4, 0.5) is 0 Å². The van der Waals surface area contributed by atoms with Crippen LogP contribution in [-0.4, -0.2) is 67.4 Å². The fourth-order valence-electron chi connectivity index (χ4n) is 5.71. The third-order valence-corrected chi connectivity index (χ3v) is 8.66. The highest BCUT2D eigenvalue weighted by Crippen LogP contribution is 2.38. The zero-order valence-corrected chi connectivity index (χ0v) is 29.8. The first kappa shape index (κ1) is 37.2. The maximum atomic E-state index is 14.2. The van der Waals surface area contributed by atoms with E-state index in [1.807, 2.05) is 45.9 Å². The molecule has 46 heavy (non-hydrogen) atoms. The van der Waals surface area contributed by atoms with E-state index in [1.54, 1.807) is 6.07 Å². The van der Waals surface area contributed by atoms with Crippen LogP contribution >= 0.6 is 0 Å². The van der Waals surface area contributed by atoms with Crippen LogP contribution in [0.3, 0.4) is 0 Å². The fourth-order valence-corrected chi connectivity index (χ4v) is 5.71. The van der Waals surface area contributed by atoms with Gasteiger partial charge in [-0.15, -0.1) is 0 Å². The van der Waals surface area contributed by atoms with E-state index in [2.05, 4.69) is 43.6 Å². The van der Waals surface area contributed by atoms with Gasteiger partial charge < -0.3 is 28.8 Å². The van der Waals surface area contributed by atoms with Gasteiger partial charge in [0.2, 0.25) is 5.43 Å². The monoisotopic (exact) mass is 634 g/mol. The lowest BCUT2D eigenvalue weighted by atomic mass is 9.99. The molecule has 0 saturated carbocycles. The number of benzene rings is 2. The molecule has 254 valence electrons. The lowest BCUT2D eigenvalue weighted by molar-refractivity contribution is 0.264. The molecule has 7 heteroatoms. The SMILES string of the molecule is CCN(CC)CCCCOc1cc(CC=C(C)C)c2c(=O)c3c(O)c(CC=C(C)C)c(OCCCCN(CC)CC)cc3oc2c1. The summed E-state index contributed by atoms with van der Waals surface area (Å²) in [6, 6.07) is 5.55. The van der Waals surface area contributed by atoms with Gasteiger partial charge in [-0.2, -0.15) is 0 Å². The summed E-state index contributed by atoms with van der Waals surface area (Å²) in [6.07, 6.45) is 9.09. The van der Waals surface area contributed by atoms with Crippen LogP contribution in [0.1, 0.15) is 92.2 Å². The van der Waals surface area contributed by atoms with Crippen molar-refractivity contribution in [3.63, 3.8) is 0 Å². The summed E-state index contributed by atoms with van der Waals surface area (Å²) >= 11 is 0. The topological polar surface area (TPSA) is 75.4 Å². The molecule has 2 aromatic carbocycles. The molecule has 0 aliphatic carbocycles. The molecule has 0 saturated heterocycles. The van der Waals surface area contributed by atoms with Gasteiger partial charge in [0.1, 0.15) is 33.8 Å². The second kappa shape index (κ2) is 18.8. The minimum absolute atomic E-state index is 0.0644. The molecule has 3 aromatic rings. The van der Waals surface area contributed by atoms with Crippen LogP contribution < -0.4 is 14.9 Å². The Labute approximate surface area is 276 Å². The van der Waals surface area contributed by atoms with Crippen LogP contribution in [0.15, 0.2) is 50.7 Å². The Bertz CT molecular complexity index is 1520. The number of nitrogens with zero attached hydrogens (tertiary/aromatic N) is 2. The number of hydrogen-bond acceptors (Lipinski definition) is 7. The smallest absolute Gasteiger partial charge is 0.204 e. The Balaban J connectivity index is 2.02. The van der Waals surface area contributed by atoms with E-state index < -0.39 is 0 Å². The fraction of sp³-hybridized carbons (Fsp3) is 0.564. The third kappa shape index (κ3) is 10.4. The van der Waals surface area contributed by atoms with Gasteiger partial charge in [-0.25, -0.2) is 0 Å². The van der Waals surface area contributed by atoms with Crippen molar-refractivity contribution in [2.75, 3.05) is 52.5 Å². The zero-order valence-electron chi connectivity index (χ0n) is 29.8. The molecule has 1 aromatic heterocycles. The van der Waals surface area contributed by atoms with Crippen LogP contribution in [0.2, 0.25) is 0 Å². The lowest BCUT2D eigenvalue weighted by Gasteiger charge is -2.18. The largest absolute Gasteiger partial charge is 0.507 e. The molecule has 0 amide bonds. The van der Waals surface area contributed by atoms with Crippen LogP contribution in [0.25, 0.3) is 21.9 Å². The van der Waals surface area contributed by atoms with Crippen LogP contribution in [-0.2, 0) is 12.8 Å². The molecule has 7 nitrogen and oxygen atoms in total. The maximum absolute atomic E-state index is 14.2. The Morgan fingerprint density at radius 3 is 1.85 bits per heavy atom. The summed E-state index contributed by atoms with van der Waals surface area (Å²) in [5.74, 6) is 1.17. The quantitative estimate of drug-likeness (QED) is 0.0757. The van der Waals surface area contributed by atoms with E-state index in [-0.39, 0.29) is 16.6 Å². The minimum Gasteiger partial charge on any atom is -0.507 e. The Morgan fingerprint density at radius 2 is 1.28 bits per heavy atom. The Morgan fingerprint density at radius 1 is 0.739 bits per heavy atom. The van der Waals surface area contributed by atoms with Crippen molar-refractivity contribution < 1.29 is 19.0 Å². The van der Waals surface area contributed by atoms with E-state index in [1.165, 1.54) is 0 Å². The average molecular weight is 635 g/mol. The molecule has 0 aliphatic heterocycles. The number of ether oxygens (including phenoxy) is 2.